The minimum atomic E-state index is -0.340. The van der Waals surface area contributed by atoms with Crippen molar-refractivity contribution in [2.75, 3.05) is 0 Å². The number of nitrogens with zero attached hydrogens (tertiary/aromatic N) is 2. The normalized spacial score (nSPS) is 12.4. The molecule has 2 heterocycles. The first-order valence-electron chi connectivity index (χ1n) is 7.98. The zero-order valence-corrected chi connectivity index (χ0v) is 16.2. The van der Waals surface area contributed by atoms with Crippen molar-refractivity contribution in [1.29, 1.82) is 0 Å². The molecule has 130 valence electrons. The van der Waals surface area contributed by atoms with Gasteiger partial charge in [-0.15, -0.1) is 10.2 Å². The zero-order valence-electron chi connectivity index (χ0n) is 13.8. The quantitative estimate of drug-likeness (QED) is 0.343. The van der Waals surface area contributed by atoms with E-state index in [1.54, 1.807) is 6.20 Å². The van der Waals surface area contributed by atoms with Crippen LogP contribution in [0, 0.1) is 0 Å². The Morgan fingerprint density at radius 3 is 2.73 bits per heavy atom. The Kier molecular flexibility index (Phi) is 4.65. The molecule has 2 aromatic carbocycles. The molecule has 7 heteroatoms. The lowest BCUT2D eigenvalue weighted by molar-refractivity contribution is 0.0995. The predicted octanol–water partition coefficient (Wildman–Crippen LogP) is 5.34. The van der Waals surface area contributed by atoms with Crippen LogP contribution in [0.15, 0.2) is 68.8 Å². The van der Waals surface area contributed by atoms with Crippen LogP contribution < -0.4 is 0 Å². The third kappa shape index (κ3) is 3.32. The van der Waals surface area contributed by atoms with Crippen LogP contribution in [0.3, 0.4) is 0 Å². The van der Waals surface area contributed by atoms with Crippen LogP contribution in [0.1, 0.15) is 17.3 Å². The number of fused-ring (bicyclic) bond motifs is 1. The van der Waals surface area contributed by atoms with Crippen molar-refractivity contribution in [3.63, 3.8) is 0 Å². The number of thioether (sulfide) groups is 1. The molecular weight excluding hydrogens is 414 g/mol. The summed E-state index contributed by atoms with van der Waals surface area (Å²) in [5, 5.41) is 9.09. The maximum atomic E-state index is 12.8. The van der Waals surface area contributed by atoms with Crippen LogP contribution in [0.25, 0.3) is 22.4 Å². The van der Waals surface area contributed by atoms with E-state index in [0.717, 1.165) is 20.9 Å². The lowest BCUT2D eigenvalue weighted by Crippen LogP contribution is -2.13. The highest BCUT2D eigenvalue weighted by atomic mass is 79.9. The number of nitrogens with one attached hydrogen (secondary N) is 1. The first-order chi connectivity index (χ1) is 12.6. The van der Waals surface area contributed by atoms with Gasteiger partial charge in [-0.2, -0.15) is 0 Å². The Morgan fingerprint density at radius 1 is 1.15 bits per heavy atom. The zero-order chi connectivity index (χ0) is 18.1. The van der Waals surface area contributed by atoms with Gasteiger partial charge in [0.15, 0.2) is 5.78 Å². The highest BCUT2D eigenvalue weighted by molar-refractivity contribution is 9.10. The summed E-state index contributed by atoms with van der Waals surface area (Å²) in [7, 11) is 0. The Balaban J connectivity index is 1.52. The summed E-state index contributed by atoms with van der Waals surface area (Å²) in [6.45, 7) is 1.85. The maximum absolute atomic E-state index is 12.8. The number of H-pyrrole nitrogens is 1. The fourth-order valence-electron chi connectivity index (χ4n) is 2.67. The maximum Gasteiger partial charge on any atom is 0.277 e. The third-order valence-corrected chi connectivity index (χ3v) is 5.46. The van der Waals surface area contributed by atoms with Crippen LogP contribution in [-0.2, 0) is 0 Å². The molecule has 0 fully saturated rings. The van der Waals surface area contributed by atoms with Gasteiger partial charge < -0.3 is 9.40 Å². The molecule has 0 amide bonds. The van der Waals surface area contributed by atoms with Gasteiger partial charge in [-0.25, -0.2) is 0 Å². The van der Waals surface area contributed by atoms with Crippen molar-refractivity contribution in [1.82, 2.24) is 15.2 Å². The van der Waals surface area contributed by atoms with E-state index in [2.05, 4.69) is 31.1 Å². The molecule has 0 aliphatic heterocycles. The third-order valence-electron chi connectivity index (χ3n) is 4.00. The number of aromatic amines is 1. The lowest BCUT2D eigenvalue weighted by Gasteiger charge is -2.06. The fourth-order valence-corrected chi connectivity index (χ4v) is 3.68. The second-order valence-corrected chi connectivity index (χ2v) is 7.96. The number of carbonyl (C=O) groups excluding carboxylic acids is 1. The molecule has 26 heavy (non-hydrogen) atoms. The van der Waals surface area contributed by atoms with Crippen molar-refractivity contribution in [3.05, 3.63) is 64.8 Å². The van der Waals surface area contributed by atoms with E-state index < -0.39 is 0 Å². The molecule has 5 nitrogen and oxygen atoms in total. The van der Waals surface area contributed by atoms with Gasteiger partial charge in [0, 0.05) is 32.7 Å². The van der Waals surface area contributed by atoms with E-state index in [1.165, 1.54) is 11.8 Å². The van der Waals surface area contributed by atoms with Crippen LogP contribution in [0.5, 0.6) is 0 Å². The molecule has 4 rings (SSSR count). The standard InChI is InChI=1S/C19H14BrN3O2S/c1-11(17(24)15-10-21-16-5-3-2-4-14(15)16)26-19-23-22-18(25-19)12-6-8-13(20)9-7-12/h2-11,21H,1H3. The Morgan fingerprint density at radius 2 is 1.92 bits per heavy atom. The average Bonchev–Trinajstić information content (AvgIpc) is 3.29. The Hall–Kier alpha value is -2.38. The van der Waals surface area contributed by atoms with E-state index >= 15 is 0 Å². The first kappa shape index (κ1) is 17.1. The summed E-state index contributed by atoms with van der Waals surface area (Å²) < 4.78 is 6.68. The van der Waals surface area contributed by atoms with Crippen molar-refractivity contribution in [2.24, 2.45) is 0 Å². The number of benzene rings is 2. The number of ketones is 1. The topological polar surface area (TPSA) is 71.8 Å². The molecule has 1 unspecified atom stereocenters. The van der Waals surface area contributed by atoms with Gasteiger partial charge >= 0.3 is 0 Å². The summed E-state index contributed by atoms with van der Waals surface area (Å²) in [6, 6.07) is 15.4. The second-order valence-electron chi connectivity index (χ2n) is 5.75. The average molecular weight is 428 g/mol. The number of rotatable bonds is 5. The van der Waals surface area contributed by atoms with Gasteiger partial charge in [-0.1, -0.05) is 45.9 Å². The van der Waals surface area contributed by atoms with E-state index in [9.17, 15) is 4.79 Å². The highest BCUT2D eigenvalue weighted by Gasteiger charge is 2.22. The molecule has 1 N–H and O–H groups in total. The molecule has 0 saturated heterocycles. The van der Waals surface area contributed by atoms with Gasteiger partial charge in [0.1, 0.15) is 0 Å². The van der Waals surface area contributed by atoms with Gasteiger partial charge in [0.2, 0.25) is 5.89 Å². The van der Waals surface area contributed by atoms with Gasteiger partial charge in [0.05, 0.1) is 5.25 Å². The highest BCUT2D eigenvalue weighted by Crippen LogP contribution is 2.29. The number of hydrogen-bond acceptors (Lipinski definition) is 5. The van der Waals surface area contributed by atoms with E-state index in [4.69, 9.17) is 4.42 Å². The van der Waals surface area contributed by atoms with E-state index in [1.807, 2.05) is 55.5 Å². The first-order valence-corrected chi connectivity index (χ1v) is 9.65. The number of Topliss-reactive ketones (excluding diaryl/α,β-unsaturated/α-hetero) is 1. The smallest absolute Gasteiger partial charge is 0.277 e. The predicted molar refractivity (Wildman–Crippen MR) is 105 cm³/mol. The van der Waals surface area contributed by atoms with Crippen molar-refractivity contribution in [2.45, 2.75) is 17.4 Å². The van der Waals surface area contributed by atoms with Crippen molar-refractivity contribution >= 4 is 44.4 Å². The van der Waals surface area contributed by atoms with Gasteiger partial charge in [0.25, 0.3) is 5.22 Å². The van der Waals surface area contributed by atoms with Gasteiger partial charge in [-0.3, -0.25) is 4.79 Å². The number of carbonyl (C=O) groups is 1. The minimum absolute atomic E-state index is 0.0239. The summed E-state index contributed by atoms with van der Waals surface area (Å²) in [6.07, 6.45) is 1.76. The molecule has 0 saturated carbocycles. The SMILES string of the molecule is CC(Sc1nnc(-c2ccc(Br)cc2)o1)C(=O)c1c[nH]c2ccccc12. The number of aromatic nitrogens is 3. The van der Waals surface area contributed by atoms with E-state index in [-0.39, 0.29) is 11.0 Å². The summed E-state index contributed by atoms with van der Waals surface area (Å²) >= 11 is 4.66. The number of para-hydroxylation sites is 1. The van der Waals surface area contributed by atoms with Crippen molar-refractivity contribution in [3.8, 4) is 11.5 Å². The lowest BCUT2D eigenvalue weighted by atomic mass is 10.1. The molecule has 0 spiro atoms. The molecule has 0 bridgehead atoms. The van der Waals surface area contributed by atoms with Crippen molar-refractivity contribution < 1.29 is 9.21 Å². The van der Waals surface area contributed by atoms with Gasteiger partial charge in [-0.05, 0) is 37.3 Å². The van der Waals surface area contributed by atoms with Crippen LogP contribution >= 0.6 is 27.7 Å². The summed E-state index contributed by atoms with van der Waals surface area (Å²) in [5.41, 5.74) is 2.46. The van der Waals surface area contributed by atoms with Crippen LogP contribution in [0.4, 0.5) is 0 Å². The monoisotopic (exact) mass is 427 g/mol. The second kappa shape index (κ2) is 7.09. The Labute approximate surface area is 162 Å². The fraction of sp³-hybridized carbons (Fsp3) is 0.105. The molecule has 1 atom stereocenters. The largest absolute Gasteiger partial charge is 0.411 e. The molecule has 0 radical (unpaired) electrons. The van der Waals surface area contributed by atoms with Crippen LogP contribution in [-0.4, -0.2) is 26.2 Å². The molecule has 0 aliphatic rings. The number of hydrogen-bond donors (Lipinski definition) is 1. The molecule has 4 aromatic rings. The molecular formula is C19H14BrN3O2S. The van der Waals surface area contributed by atoms with Crippen LogP contribution in [0.2, 0.25) is 0 Å². The summed E-state index contributed by atoms with van der Waals surface area (Å²) in [4.78, 5) is 15.9. The molecule has 0 aliphatic carbocycles. The van der Waals surface area contributed by atoms with E-state index in [0.29, 0.717) is 16.7 Å². The minimum Gasteiger partial charge on any atom is -0.411 e. The molecule has 2 aromatic heterocycles. The summed E-state index contributed by atoms with van der Waals surface area (Å²) in [5.74, 6) is 0.461. The number of halogens is 1. The Bertz CT molecular complexity index is 1070.